The third kappa shape index (κ3) is 3.54. The molecule has 1 aromatic heterocycles. The summed E-state index contributed by atoms with van der Waals surface area (Å²) in [6, 6.07) is 10.8. The van der Waals surface area contributed by atoms with E-state index in [9.17, 15) is 9.90 Å². The Labute approximate surface area is 115 Å². The molecule has 5 heteroatoms. The summed E-state index contributed by atoms with van der Waals surface area (Å²) in [4.78, 5) is 19.8. The van der Waals surface area contributed by atoms with Gasteiger partial charge in [0.15, 0.2) is 5.16 Å². The van der Waals surface area contributed by atoms with E-state index in [-0.39, 0.29) is 0 Å². The minimum absolute atomic E-state index is 0.454. The lowest BCUT2D eigenvalue weighted by atomic mass is 10.1. The Morgan fingerprint density at radius 2 is 1.74 bits per heavy atom. The van der Waals surface area contributed by atoms with Crippen molar-refractivity contribution in [2.24, 2.45) is 0 Å². The second-order valence-electron chi connectivity index (χ2n) is 4.16. The second kappa shape index (κ2) is 5.84. The molecule has 1 aromatic carbocycles. The zero-order chi connectivity index (χ0) is 13.8. The van der Waals surface area contributed by atoms with Crippen molar-refractivity contribution in [3.05, 3.63) is 53.3 Å². The zero-order valence-electron chi connectivity index (χ0n) is 10.7. The highest BCUT2D eigenvalue weighted by Gasteiger charge is 2.16. The van der Waals surface area contributed by atoms with Crippen LogP contribution in [-0.4, -0.2) is 15.9 Å². The maximum Gasteiger partial charge on any atom is 0.188 e. The first kappa shape index (κ1) is 13.5. The van der Waals surface area contributed by atoms with Crippen LogP contribution in [0.5, 0.6) is 0 Å². The zero-order valence-corrected chi connectivity index (χ0v) is 11.5. The first-order valence-corrected chi connectivity index (χ1v) is 6.69. The lowest BCUT2D eigenvalue weighted by molar-refractivity contribution is -0.305. The molecule has 19 heavy (non-hydrogen) atoms. The molecule has 0 amide bonds. The van der Waals surface area contributed by atoms with Crippen LogP contribution >= 0.6 is 11.8 Å². The fourth-order valence-electron chi connectivity index (χ4n) is 1.73. The lowest BCUT2D eigenvalue weighted by Gasteiger charge is -2.17. The lowest BCUT2D eigenvalue weighted by Crippen LogP contribution is -2.28. The number of nitrogens with zero attached hydrogens (tertiary/aromatic N) is 2. The average molecular weight is 273 g/mol. The Hall–Kier alpha value is -1.88. The first-order chi connectivity index (χ1) is 9.06. The molecule has 2 rings (SSSR count). The van der Waals surface area contributed by atoms with Crippen LogP contribution in [0.1, 0.15) is 22.2 Å². The molecule has 0 N–H and O–H groups in total. The van der Waals surface area contributed by atoms with E-state index in [0.29, 0.717) is 10.7 Å². The molecule has 0 aliphatic heterocycles. The van der Waals surface area contributed by atoms with Crippen molar-refractivity contribution >= 4 is 17.7 Å². The molecule has 0 spiro atoms. The molecule has 0 aliphatic carbocycles. The second-order valence-corrected chi connectivity index (χ2v) is 5.23. The van der Waals surface area contributed by atoms with Crippen LogP contribution in [0.2, 0.25) is 0 Å². The van der Waals surface area contributed by atoms with Crippen molar-refractivity contribution in [1.29, 1.82) is 0 Å². The highest BCUT2D eigenvalue weighted by atomic mass is 32.2. The van der Waals surface area contributed by atoms with Gasteiger partial charge in [0.1, 0.15) is 0 Å². The number of carboxylic acids is 1. The number of aromatic nitrogens is 2. The third-order valence-corrected chi connectivity index (χ3v) is 3.60. The molecule has 98 valence electrons. The Morgan fingerprint density at radius 1 is 1.16 bits per heavy atom. The monoisotopic (exact) mass is 273 g/mol. The van der Waals surface area contributed by atoms with E-state index in [1.807, 2.05) is 26.0 Å². The third-order valence-electron chi connectivity index (χ3n) is 2.50. The fourth-order valence-corrected chi connectivity index (χ4v) is 2.73. The molecule has 0 radical (unpaired) electrons. The van der Waals surface area contributed by atoms with Crippen molar-refractivity contribution in [2.75, 3.05) is 0 Å². The molecule has 1 atom stereocenters. The molecule has 0 saturated heterocycles. The maximum atomic E-state index is 11.3. The van der Waals surface area contributed by atoms with Crippen molar-refractivity contribution in [3.63, 3.8) is 0 Å². The number of benzene rings is 1. The van der Waals surface area contributed by atoms with E-state index in [1.165, 1.54) is 0 Å². The summed E-state index contributed by atoms with van der Waals surface area (Å²) >= 11 is 1.09. The Morgan fingerprint density at radius 3 is 2.26 bits per heavy atom. The van der Waals surface area contributed by atoms with E-state index in [4.69, 9.17) is 0 Å². The number of thioether (sulfide) groups is 1. The minimum Gasteiger partial charge on any atom is -0.549 e. The predicted octanol–water partition coefficient (Wildman–Crippen LogP) is 1.68. The van der Waals surface area contributed by atoms with Crippen LogP contribution < -0.4 is 5.11 Å². The number of carboxylic acid groups (broad SMARTS) is 1. The van der Waals surface area contributed by atoms with Gasteiger partial charge in [0.25, 0.3) is 0 Å². The van der Waals surface area contributed by atoms with Crippen molar-refractivity contribution in [3.8, 4) is 0 Å². The molecule has 0 aliphatic rings. The van der Waals surface area contributed by atoms with Gasteiger partial charge in [-0.1, -0.05) is 42.1 Å². The summed E-state index contributed by atoms with van der Waals surface area (Å²) in [5, 5.41) is 10.9. The fraction of sp³-hybridized carbons (Fsp3) is 0.214. The summed E-state index contributed by atoms with van der Waals surface area (Å²) in [6.45, 7) is 3.71. The van der Waals surface area contributed by atoms with E-state index >= 15 is 0 Å². The van der Waals surface area contributed by atoms with Crippen LogP contribution in [0.15, 0.2) is 41.6 Å². The highest BCUT2D eigenvalue weighted by molar-refractivity contribution is 8.00. The summed E-state index contributed by atoms with van der Waals surface area (Å²) in [5.41, 5.74) is 2.32. The molecule has 2 aromatic rings. The van der Waals surface area contributed by atoms with Crippen LogP contribution in [-0.2, 0) is 4.79 Å². The topological polar surface area (TPSA) is 65.9 Å². The van der Waals surface area contributed by atoms with Gasteiger partial charge in [-0.05, 0) is 25.5 Å². The number of carbonyl (C=O) groups is 1. The molecule has 1 heterocycles. The molecular formula is C14H13N2O2S-. The van der Waals surface area contributed by atoms with Crippen LogP contribution in [0.3, 0.4) is 0 Å². The Bertz CT molecular complexity index is 567. The largest absolute Gasteiger partial charge is 0.549 e. The average Bonchev–Trinajstić information content (AvgIpc) is 2.35. The van der Waals surface area contributed by atoms with E-state index in [1.54, 1.807) is 24.3 Å². The van der Waals surface area contributed by atoms with Crippen molar-refractivity contribution in [2.45, 2.75) is 24.3 Å². The van der Waals surface area contributed by atoms with E-state index < -0.39 is 11.2 Å². The highest BCUT2D eigenvalue weighted by Crippen LogP contribution is 2.32. The Balaban J connectivity index is 2.29. The molecule has 1 unspecified atom stereocenters. The quantitative estimate of drug-likeness (QED) is 0.626. The molecule has 4 nitrogen and oxygen atoms in total. The summed E-state index contributed by atoms with van der Waals surface area (Å²) in [7, 11) is 0. The van der Waals surface area contributed by atoms with Gasteiger partial charge in [-0.2, -0.15) is 0 Å². The predicted molar refractivity (Wildman–Crippen MR) is 71.6 cm³/mol. The van der Waals surface area contributed by atoms with Gasteiger partial charge in [-0.3, -0.25) is 0 Å². The van der Waals surface area contributed by atoms with Gasteiger partial charge >= 0.3 is 0 Å². The van der Waals surface area contributed by atoms with Crippen LogP contribution in [0.25, 0.3) is 0 Å². The van der Waals surface area contributed by atoms with E-state index in [0.717, 1.165) is 23.1 Å². The number of aryl methyl sites for hydroxylation is 2. The standard InChI is InChI=1S/C14H14N2O2S/c1-9-8-10(2)16-14(15-9)19-12(13(17)18)11-6-4-3-5-7-11/h3-8,12H,1-2H3,(H,17,18)/p-1. The summed E-state index contributed by atoms with van der Waals surface area (Å²) < 4.78 is 0. The number of rotatable bonds is 4. The van der Waals surface area contributed by atoms with Crippen molar-refractivity contribution in [1.82, 2.24) is 9.97 Å². The van der Waals surface area contributed by atoms with Crippen molar-refractivity contribution < 1.29 is 9.90 Å². The molecule has 0 fully saturated rings. The molecule has 0 saturated carbocycles. The molecular weight excluding hydrogens is 260 g/mol. The van der Waals surface area contributed by atoms with Gasteiger partial charge in [-0.15, -0.1) is 0 Å². The van der Waals surface area contributed by atoms with Gasteiger partial charge < -0.3 is 9.90 Å². The number of aliphatic carboxylic acids is 1. The number of hydrogen-bond donors (Lipinski definition) is 0. The van der Waals surface area contributed by atoms with Crippen LogP contribution in [0, 0.1) is 13.8 Å². The normalized spacial score (nSPS) is 12.1. The smallest absolute Gasteiger partial charge is 0.188 e. The van der Waals surface area contributed by atoms with Gasteiger partial charge in [0, 0.05) is 11.4 Å². The first-order valence-electron chi connectivity index (χ1n) is 5.81. The summed E-state index contributed by atoms with van der Waals surface area (Å²) in [6.07, 6.45) is 0. The SMILES string of the molecule is Cc1cc(C)nc(SC(C(=O)[O-])c2ccccc2)n1. The van der Waals surface area contributed by atoms with E-state index in [2.05, 4.69) is 9.97 Å². The van der Waals surface area contributed by atoms with Gasteiger partial charge in [0.05, 0.1) is 11.2 Å². The number of hydrogen-bond acceptors (Lipinski definition) is 5. The van der Waals surface area contributed by atoms with Gasteiger partial charge in [0.2, 0.25) is 0 Å². The van der Waals surface area contributed by atoms with Gasteiger partial charge in [-0.25, -0.2) is 9.97 Å². The Kier molecular flexibility index (Phi) is 4.16. The maximum absolute atomic E-state index is 11.3. The molecule has 0 bridgehead atoms. The minimum atomic E-state index is -1.14. The van der Waals surface area contributed by atoms with Crippen LogP contribution in [0.4, 0.5) is 0 Å². The summed E-state index contributed by atoms with van der Waals surface area (Å²) in [5.74, 6) is -1.14. The number of carbonyl (C=O) groups excluding carboxylic acids is 1.